The van der Waals surface area contributed by atoms with Gasteiger partial charge >= 0.3 is 0 Å². The second kappa shape index (κ2) is 9.07. The molecule has 30 heavy (non-hydrogen) atoms. The lowest BCUT2D eigenvalue weighted by molar-refractivity contribution is 0.101. The molecule has 1 fully saturated rings. The van der Waals surface area contributed by atoms with Gasteiger partial charge in [0.1, 0.15) is 0 Å². The average Bonchev–Trinajstić information content (AvgIpc) is 3.16. The first kappa shape index (κ1) is 20.7. The van der Waals surface area contributed by atoms with E-state index in [1.54, 1.807) is 35.9 Å². The number of nitrogens with one attached hydrogen (secondary N) is 1. The number of halogens is 1. The van der Waals surface area contributed by atoms with Crippen molar-refractivity contribution in [2.45, 2.75) is 32.7 Å². The number of thiazole rings is 1. The topological polar surface area (TPSA) is 80.1 Å². The molecule has 9 heteroatoms. The van der Waals surface area contributed by atoms with Crippen LogP contribution in [-0.2, 0) is 6.54 Å². The molecule has 1 N–H and O–H groups in total. The molecule has 0 unspecified atom stereocenters. The van der Waals surface area contributed by atoms with Crippen LogP contribution in [0.25, 0.3) is 5.69 Å². The van der Waals surface area contributed by atoms with E-state index >= 15 is 0 Å². The van der Waals surface area contributed by atoms with E-state index in [4.69, 9.17) is 11.6 Å². The van der Waals surface area contributed by atoms with Crippen LogP contribution in [0.2, 0.25) is 5.02 Å². The molecule has 0 bridgehead atoms. The molecule has 0 aliphatic carbocycles. The number of hydrogen-bond acceptors (Lipinski definition) is 6. The summed E-state index contributed by atoms with van der Waals surface area (Å²) in [5.74, 6) is -0.568. The molecule has 2 aromatic heterocycles. The number of nitrogens with zero attached hydrogens (tertiary/aromatic N) is 4. The van der Waals surface area contributed by atoms with Gasteiger partial charge < -0.3 is 0 Å². The Morgan fingerprint density at radius 1 is 1.20 bits per heavy atom. The minimum atomic E-state index is -0.568. The molecule has 1 aliphatic rings. The van der Waals surface area contributed by atoms with Crippen molar-refractivity contribution in [3.05, 3.63) is 68.0 Å². The maximum absolute atomic E-state index is 12.7. The van der Waals surface area contributed by atoms with E-state index in [9.17, 15) is 9.59 Å². The first-order chi connectivity index (χ1) is 14.5. The summed E-state index contributed by atoms with van der Waals surface area (Å²) >= 11 is 7.30. The Morgan fingerprint density at radius 2 is 1.93 bits per heavy atom. The predicted octanol–water partition coefficient (Wildman–Crippen LogP) is 3.89. The fourth-order valence-electron chi connectivity index (χ4n) is 3.49. The Morgan fingerprint density at radius 3 is 2.67 bits per heavy atom. The van der Waals surface area contributed by atoms with Gasteiger partial charge in [-0.2, -0.15) is 5.10 Å². The van der Waals surface area contributed by atoms with Gasteiger partial charge in [-0.15, -0.1) is 11.3 Å². The Bertz CT molecular complexity index is 1100. The zero-order valence-corrected chi connectivity index (χ0v) is 18.2. The van der Waals surface area contributed by atoms with Gasteiger partial charge in [-0.1, -0.05) is 18.0 Å². The quantitative estimate of drug-likeness (QED) is 0.647. The summed E-state index contributed by atoms with van der Waals surface area (Å²) < 4.78 is 1.55. The lowest BCUT2D eigenvalue weighted by Crippen LogP contribution is -2.29. The molecule has 0 spiro atoms. The van der Waals surface area contributed by atoms with Crippen molar-refractivity contribution in [2.75, 3.05) is 18.4 Å². The predicted molar refractivity (Wildman–Crippen MR) is 119 cm³/mol. The summed E-state index contributed by atoms with van der Waals surface area (Å²) in [4.78, 5) is 32.0. The number of hydrogen-bond donors (Lipinski definition) is 1. The third-order valence-corrected chi connectivity index (χ3v) is 6.06. The number of benzene rings is 1. The van der Waals surface area contributed by atoms with Crippen LogP contribution in [-0.4, -0.2) is 38.7 Å². The Balaban J connectivity index is 1.51. The lowest BCUT2D eigenvalue weighted by atomic mass is 10.1. The van der Waals surface area contributed by atoms with Crippen LogP contribution >= 0.6 is 22.9 Å². The van der Waals surface area contributed by atoms with Crippen LogP contribution in [0.1, 0.15) is 41.1 Å². The first-order valence-electron chi connectivity index (χ1n) is 9.84. The molecule has 156 valence electrons. The van der Waals surface area contributed by atoms with Crippen molar-refractivity contribution in [1.82, 2.24) is 19.7 Å². The minimum absolute atomic E-state index is 0.177. The van der Waals surface area contributed by atoms with Crippen molar-refractivity contribution >= 4 is 34.0 Å². The molecule has 7 nitrogen and oxygen atoms in total. The second-order valence-electron chi connectivity index (χ2n) is 7.32. The molecule has 3 heterocycles. The highest BCUT2D eigenvalue weighted by Gasteiger charge is 2.18. The fourth-order valence-corrected chi connectivity index (χ4v) is 4.31. The molecule has 0 atom stereocenters. The number of rotatable bonds is 5. The van der Waals surface area contributed by atoms with Crippen molar-refractivity contribution in [3.63, 3.8) is 0 Å². The van der Waals surface area contributed by atoms with E-state index in [-0.39, 0.29) is 5.69 Å². The Hall–Kier alpha value is -2.55. The third kappa shape index (κ3) is 4.77. The summed E-state index contributed by atoms with van der Waals surface area (Å²) in [5.41, 5.74) is 1.65. The zero-order valence-electron chi connectivity index (χ0n) is 16.6. The summed E-state index contributed by atoms with van der Waals surface area (Å²) in [5, 5.41) is 10.0. The summed E-state index contributed by atoms with van der Waals surface area (Å²) in [6.45, 7) is 4.70. The molecule has 1 aliphatic heterocycles. The number of amides is 1. The zero-order chi connectivity index (χ0) is 21.1. The molecular weight excluding hydrogens is 422 g/mol. The molecule has 1 amide bonds. The van der Waals surface area contributed by atoms with Gasteiger partial charge in [0.25, 0.3) is 5.91 Å². The third-order valence-electron chi connectivity index (χ3n) is 5.00. The van der Waals surface area contributed by atoms with E-state index in [0.29, 0.717) is 21.5 Å². The standard InChI is InChI=1S/C21H22ClN5O2S/c1-14-11-18(28)19(25-27(14)17-7-5-15(22)6-8-17)20(29)24-21-23-16(13-30-21)12-26-9-3-2-4-10-26/h5-8,11,13H,2-4,9-10,12H2,1H3,(H,23,24,29). The van der Waals surface area contributed by atoms with E-state index in [2.05, 4.69) is 20.3 Å². The maximum Gasteiger partial charge on any atom is 0.281 e. The van der Waals surface area contributed by atoms with Gasteiger partial charge in [0.2, 0.25) is 5.43 Å². The number of anilines is 1. The Labute approximate surface area is 183 Å². The smallest absolute Gasteiger partial charge is 0.281 e. The number of aryl methyl sites for hydroxylation is 1. The van der Waals surface area contributed by atoms with Gasteiger partial charge in [-0.25, -0.2) is 9.67 Å². The van der Waals surface area contributed by atoms with Gasteiger partial charge in [0.05, 0.1) is 11.4 Å². The van der Waals surface area contributed by atoms with Gasteiger partial charge in [0.15, 0.2) is 10.8 Å². The van der Waals surface area contributed by atoms with Crippen LogP contribution in [0.5, 0.6) is 0 Å². The van der Waals surface area contributed by atoms with Gasteiger partial charge in [0, 0.05) is 28.7 Å². The molecule has 1 aromatic carbocycles. The second-order valence-corrected chi connectivity index (χ2v) is 8.62. The first-order valence-corrected chi connectivity index (χ1v) is 11.1. The highest BCUT2D eigenvalue weighted by atomic mass is 35.5. The SMILES string of the molecule is Cc1cc(=O)c(C(=O)Nc2nc(CN3CCCCC3)cs2)nn1-c1ccc(Cl)cc1. The summed E-state index contributed by atoms with van der Waals surface area (Å²) in [6.07, 6.45) is 3.71. The van der Waals surface area contributed by atoms with Gasteiger partial charge in [-0.05, 0) is 57.1 Å². The van der Waals surface area contributed by atoms with E-state index in [1.165, 1.54) is 36.7 Å². The maximum atomic E-state index is 12.7. The average molecular weight is 444 g/mol. The van der Waals surface area contributed by atoms with E-state index in [0.717, 1.165) is 25.3 Å². The van der Waals surface area contributed by atoms with Crippen molar-refractivity contribution in [1.29, 1.82) is 0 Å². The molecule has 3 aromatic rings. The molecular formula is C21H22ClN5O2S. The molecule has 4 rings (SSSR count). The number of carbonyl (C=O) groups is 1. The summed E-state index contributed by atoms with van der Waals surface area (Å²) in [7, 11) is 0. The van der Waals surface area contributed by atoms with Crippen LogP contribution < -0.4 is 10.7 Å². The Kier molecular flexibility index (Phi) is 6.26. The number of piperidine rings is 1. The highest BCUT2D eigenvalue weighted by Crippen LogP contribution is 2.19. The van der Waals surface area contributed by atoms with Crippen LogP contribution in [0.15, 0.2) is 40.5 Å². The molecule has 0 saturated carbocycles. The van der Waals surface area contributed by atoms with Crippen molar-refractivity contribution in [3.8, 4) is 5.69 Å². The normalized spacial score (nSPS) is 14.6. The number of likely N-dealkylation sites (tertiary alicyclic amines) is 1. The van der Waals surface area contributed by atoms with E-state index in [1.807, 2.05) is 5.38 Å². The minimum Gasteiger partial charge on any atom is -0.297 e. The van der Waals surface area contributed by atoms with Crippen molar-refractivity contribution < 1.29 is 4.79 Å². The van der Waals surface area contributed by atoms with Crippen molar-refractivity contribution in [2.24, 2.45) is 0 Å². The van der Waals surface area contributed by atoms with Crippen LogP contribution in [0, 0.1) is 6.92 Å². The number of aromatic nitrogens is 3. The molecule has 0 radical (unpaired) electrons. The van der Waals surface area contributed by atoms with Crippen LogP contribution in [0.3, 0.4) is 0 Å². The fraction of sp³-hybridized carbons (Fsp3) is 0.333. The molecule has 1 saturated heterocycles. The van der Waals surface area contributed by atoms with E-state index < -0.39 is 11.3 Å². The lowest BCUT2D eigenvalue weighted by Gasteiger charge is -2.25. The van der Waals surface area contributed by atoms with Crippen LogP contribution in [0.4, 0.5) is 5.13 Å². The largest absolute Gasteiger partial charge is 0.297 e. The number of carbonyl (C=O) groups excluding carboxylic acids is 1. The van der Waals surface area contributed by atoms with Gasteiger partial charge in [-0.3, -0.25) is 19.8 Å². The monoisotopic (exact) mass is 443 g/mol. The highest BCUT2D eigenvalue weighted by molar-refractivity contribution is 7.13. The summed E-state index contributed by atoms with van der Waals surface area (Å²) in [6, 6.07) is 8.43.